The minimum absolute atomic E-state index is 0.0192. The number of sulfonamides is 1. The molecule has 1 saturated heterocycles. The monoisotopic (exact) mass is 319 g/mol. The average molecular weight is 319 g/mol. The first-order valence-electron chi connectivity index (χ1n) is 5.61. The third kappa shape index (κ3) is 4.55. The van der Waals surface area contributed by atoms with E-state index in [9.17, 15) is 21.6 Å². The molecule has 0 aromatic carbocycles. The minimum atomic E-state index is -4.27. The first-order chi connectivity index (χ1) is 8.54. The van der Waals surface area contributed by atoms with Gasteiger partial charge in [-0.1, -0.05) is 12.2 Å². The standard InChI is InChI=1S/C9H16F3N3O2S2/c1-7(8(13)18)19(16,17)15-4-2-14(3-5-15)6-9(10,11)12/h7H,2-6H2,1H3,(H2,13,18). The van der Waals surface area contributed by atoms with Crippen molar-refractivity contribution < 1.29 is 21.6 Å². The molecule has 0 amide bonds. The second kappa shape index (κ2) is 5.90. The van der Waals surface area contributed by atoms with Gasteiger partial charge < -0.3 is 5.73 Å². The first kappa shape index (κ1) is 16.6. The smallest absolute Gasteiger partial charge is 0.392 e. The Morgan fingerprint density at radius 1 is 1.32 bits per heavy atom. The Morgan fingerprint density at radius 3 is 2.16 bits per heavy atom. The fourth-order valence-electron chi connectivity index (χ4n) is 1.77. The van der Waals surface area contributed by atoms with Crippen LogP contribution in [0.3, 0.4) is 0 Å². The maximum atomic E-state index is 12.2. The van der Waals surface area contributed by atoms with Crippen LogP contribution in [0.1, 0.15) is 6.92 Å². The van der Waals surface area contributed by atoms with E-state index >= 15 is 0 Å². The number of nitrogens with two attached hydrogens (primary N) is 1. The van der Waals surface area contributed by atoms with E-state index in [1.165, 1.54) is 11.8 Å². The van der Waals surface area contributed by atoms with Gasteiger partial charge >= 0.3 is 6.18 Å². The zero-order chi connectivity index (χ0) is 14.8. The molecule has 0 spiro atoms. The molecular weight excluding hydrogens is 303 g/mol. The van der Waals surface area contributed by atoms with Crippen molar-refractivity contribution in [3.8, 4) is 0 Å². The summed E-state index contributed by atoms with van der Waals surface area (Å²) in [5.41, 5.74) is 5.31. The van der Waals surface area contributed by atoms with Gasteiger partial charge in [-0.3, -0.25) is 4.90 Å². The van der Waals surface area contributed by atoms with Gasteiger partial charge in [0, 0.05) is 26.2 Å². The summed E-state index contributed by atoms with van der Waals surface area (Å²) in [6.45, 7) is 0.480. The van der Waals surface area contributed by atoms with Gasteiger partial charge in [0.05, 0.1) is 11.5 Å². The Balaban J connectivity index is 2.61. The van der Waals surface area contributed by atoms with E-state index in [0.29, 0.717) is 0 Å². The Bertz CT molecular complexity index is 430. The molecule has 10 heteroatoms. The maximum absolute atomic E-state index is 12.2. The van der Waals surface area contributed by atoms with Crippen LogP contribution in [-0.2, 0) is 10.0 Å². The number of nitrogens with zero attached hydrogens (tertiary/aromatic N) is 2. The Hall–Kier alpha value is -0.450. The van der Waals surface area contributed by atoms with E-state index < -0.39 is 28.0 Å². The van der Waals surface area contributed by atoms with Crippen molar-refractivity contribution in [2.24, 2.45) is 5.73 Å². The fraction of sp³-hybridized carbons (Fsp3) is 0.889. The zero-order valence-corrected chi connectivity index (χ0v) is 12.0. The van der Waals surface area contributed by atoms with Gasteiger partial charge in [-0.2, -0.15) is 17.5 Å². The van der Waals surface area contributed by atoms with Crippen molar-refractivity contribution in [3.63, 3.8) is 0 Å². The molecule has 5 nitrogen and oxygen atoms in total. The Labute approximate surface area is 115 Å². The molecule has 0 radical (unpaired) electrons. The van der Waals surface area contributed by atoms with Gasteiger partial charge in [0.25, 0.3) is 0 Å². The number of halogens is 3. The van der Waals surface area contributed by atoms with Gasteiger partial charge in [-0.05, 0) is 6.92 Å². The van der Waals surface area contributed by atoms with E-state index in [0.717, 1.165) is 4.31 Å². The zero-order valence-electron chi connectivity index (χ0n) is 10.4. The lowest BCUT2D eigenvalue weighted by Crippen LogP contribution is -2.53. The van der Waals surface area contributed by atoms with Gasteiger partial charge in [-0.25, -0.2) is 8.42 Å². The molecule has 0 aliphatic carbocycles. The molecule has 0 aromatic rings. The summed E-state index contributed by atoms with van der Waals surface area (Å²) >= 11 is 4.64. The van der Waals surface area contributed by atoms with E-state index in [4.69, 9.17) is 5.73 Å². The van der Waals surface area contributed by atoms with Crippen LogP contribution in [0.25, 0.3) is 0 Å². The number of piperazine rings is 1. The van der Waals surface area contributed by atoms with Crippen molar-refractivity contribution in [1.29, 1.82) is 0 Å². The second-order valence-corrected chi connectivity index (χ2v) is 7.10. The first-order valence-corrected chi connectivity index (χ1v) is 7.52. The lowest BCUT2D eigenvalue weighted by molar-refractivity contribution is -0.148. The molecule has 2 N–H and O–H groups in total. The van der Waals surface area contributed by atoms with Gasteiger partial charge in [-0.15, -0.1) is 0 Å². The number of thiocarbonyl (C=S) groups is 1. The molecule has 1 heterocycles. The molecule has 1 aliphatic heterocycles. The van der Waals surface area contributed by atoms with Gasteiger partial charge in [0.15, 0.2) is 0 Å². The number of rotatable bonds is 4. The molecule has 112 valence electrons. The summed E-state index contributed by atoms with van der Waals surface area (Å²) in [6, 6.07) is 0. The molecule has 0 saturated carbocycles. The highest BCUT2D eigenvalue weighted by atomic mass is 32.2. The van der Waals surface area contributed by atoms with Crippen molar-refractivity contribution in [3.05, 3.63) is 0 Å². The molecule has 0 bridgehead atoms. The highest BCUT2D eigenvalue weighted by Gasteiger charge is 2.36. The molecule has 19 heavy (non-hydrogen) atoms. The summed E-state index contributed by atoms with van der Waals surface area (Å²) < 4.78 is 61.8. The van der Waals surface area contributed by atoms with Crippen molar-refractivity contribution in [2.45, 2.75) is 18.3 Å². The Kier molecular flexibility index (Phi) is 5.15. The quantitative estimate of drug-likeness (QED) is 0.748. The van der Waals surface area contributed by atoms with Gasteiger partial charge in [0.2, 0.25) is 10.0 Å². The number of hydrogen-bond acceptors (Lipinski definition) is 4. The second-order valence-electron chi connectivity index (χ2n) is 4.38. The van der Waals surface area contributed by atoms with Crippen LogP contribution in [0.5, 0.6) is 0 Å². The maximum Gasteiger partial charge on any atom is 0.401 e. The fourth-order valence-corrected chi connectivity index (χ4v) is 3.54. The topological polar surface area (TPSA) is 66.6 Å². The van der Waals surface area contributed by atoms with Crippen LogP contribution in [0.4, 0.5) is 13.2 Å². The minimum Gasteiger partial charge on any atom is -0.392 e. The van der Waals surface area contributed by atoms with Gasteiger partial charge in [0.1, 0.15) is 5.25 Å². The summed E-state index contributed by atoms with van der Waals surface area (Å²) in [7, 11) is -3.67. The number of alkyl halides is 3. The van der Waals surface area contributed by atoms with Crippen molar-refractivity contribution in [2.75, 3.05) is 32.7 Å². The predicted molar refractivity (Wildman–Crippen MR) is 69.2 cm³/mol. The SMILES string of the molecule is CC(C(N)=S)S(=O)(=O)N1CCN(CC(F)(F)F)CC1. The number of hydrogen-bond donors (Lipinski definition) is 1. The van der Waals surface area contributed by atoms with Crippen LogP contribution in [0.2, 0.25) is 0 Å². The van der Waals surface area contributed by atoms with E-state index in [2.05, 4.69) is 12.2 Å². The van der Waals surface area contributed by atoms with Crippen LogP contribution in [0, 0.1) is 0 Å². The molecular formula is C9H16F3N3O2S2. The summed E-state index contributed by atoms with van der Waals surface area (Å²) in [6.07, 6.45) is -4.27. The van der Waals surface area contributed by atoms with Crippen molar-refractivity contribution in [1.82, 2.24) is 9.21 Å². The van der Waals surface area contributed by atoms with E-state index in [-0.39, 0.29) is 31.2 Å². The summed E-state index contributed by atoms with van der Waals surface area (Å²) in [5.74, 6) is 0. The van der Waals surface area contributed by atoms with E-state index in [1.807, 2.05) is 0 Å². The third-order valence-corrected chi connectivity index (χ3v) is 5.68. The molecule has 0 aromatic heterocycles. The molecule has 1 rings (SSSR count). The molecule has 1 fully saturated rings. The molecule has 1 unspecified atom stereocenters. The van der Waals surface area contributed by atoms with Crippen LogP contribution < -0.4 is 5.73 Å². The molecule has 1 aliphatic rings. The van der Waals surface area contributed by atoms with Crippen molar-refractivity contribution >= 4 is 27.2 Å². The Morgan fingerprint density at radius 2 is 1.79 bits per heavy atom. The summed E-state index contributed by atoms with van der Waals surface area (Å²) in [4.78, 5) is 1.04. The average Bonchev–Trinajstić information content (AvgIpc) is 2.26. The van der Waals surface area contributed by atoms with Crippen LogP contribution in [-0.4, -0.2) is 66.8 Å². The van der Waals surface area contributed by atoms with E-state index in [1.54, 1.807) is 0 Å². The lowest BCUT2D eigenvalue weighted by atomic mass is 10.3. The van der Waals surface area contributed by atoms with Crippen LogP contribution in [0.15, 0.2) is 0 Å². The van der Waals surface area contributed by atoms with Crippen LogP contribution >= 0.6 is 12.2 Å². The normalized spacial score (nSPS) is 21.3. The predicted octanol–water partition coefficient (Wildman–Crippen LogP) is 0.171. The highest BCUT2D eigenvalue weighted by molar-refractivity contribution is 7.92. The third-order valence-electron chi connectivity index (χ3n) is 2.94. The highest BCUT2D eigenvalue weighted by Crippen LogP contribution is 2.19. The summed E-state index contributed by atoms with van der Waals surface area (Å²) in [5, 5.41) is -1.00. The lowest BCUT2D eigenvalue weighted by Gasteiger charge is -2.35. The largest absolute Gasteiger partial charge is 0.401 e. The molecule has 1 atom stereocenters.